The van der Waals surface area contributed by atoms with Gasteiger partial charge in [-0.15, -0.1) is 5.69 Å². The van der Waals surface area contributed by atoms with E-state index in [1.807, 2.05) is 34.6 Å². The summed E-state index contributed by atoms with van der Waals surface area (Å²) in [6.45, 7) is 9.73. The minimum atomic E-state index is -0.315. The van der Waals surface area contributed by atoms with Crippen LogP contribution in [0, 0.1) is 20.8 Å². The van der Waals surface area contributed by atoms with Gasteiger partial charge >= 0.3 is 5.97 Å². The molecule has 0 fully saturated rings. The van der Waals surface area contributed by atoms with Crippen LogP contribution < -0.4 is 0 Å². The number of hydrogen-bond donors (Lipinski definition) is 0. The minimum Gasteiger partial charge on any atom is -0.698 e. The molecule has 0 aliphatic heterocycles. The van der Waals surface area contributed by atoms with Gasteiger partial charge in [0, 0.05) is 98.1 Å². The number of ether oxygens (including phenoxy) is 1. The summed E-state index contributed by atoms with van der Waals surface area (Å²) in [5.41, 5.74) is 12.8. The molecule has 103 valence electrons. The van der Waals surface area contributed by atoms with Gasteiger partial charge in [-0.2, -0.15) is 0 Å². The zero-order chi connectivity index (χ0) is 13.3. The molecule has 3 nitrogen and oxygen atoms in total. The summed E-state index contributed by atoms with van der Waals surface area (Å²) < 4.78 is 4.83. The van der Waals surface area contributed by atoms with Crippen molar-refractivity contribution >= 4 is 11.7 Å². The molecule has 0 unspecified atom stereocenters. The van der Waals surface area contributed by atoms with Gasteiger partial charge in [-0.05, 0) is 37.8 Å². The van der Waals surface area contributed by atoms with Crippen LogP contribution in [0.3, 0.4) is 0 Å². The molecule has 0 amide bonds. The zero-order valence-corrected chi connectivity index (χ0v) is 21.6. The zero-order valence-electron chi connectivity index (χ0n) is 13.1. The predicted molar refractivity (Wildman–Crippen MR) is 70.1 cm³/mol. The number of carbonyl (C=O) groups is 1. The molecule has 1 N–H and O–H groups in total. The summed E-state index contributed by atoms with van der Waals surface area (Å²) in [6, 6.07) is 0. The third-order valence-corrected chi connectivity index (χ3v) is 3.33. The van der Waals surface area contributed by atoms with E-state index in [9.17, 15) is 4.79 Å². The average Bonchev–Trinajstić information content (AvgIpc) is 2.25. The second-order valence-electron chi connectivity index (χ2n) is 4.68. The molecular formula is C14H20NO2Y3-. The van der Waals surface area contributed by atoms with E-state index in [0.717, 1.165) is 22.3 Å². The fraction of sp³-hybridized carbons (Fsp3) is 0.500. The molecule has 0 spiro atoms. The van der Waals surface area contributed by atoms with Crippen molar-refractivity contribution in [2.75, 3.05) is 7.11 Å². The number of esters is 1. The summed E-state index contributed by atoms with van der Waals surface area (Å²) in [5, 5.41) is 0. The van der Waals surface area contributed by atoms with Crippen LogP contribution in [0.2, 0.25) is 0 Å². The van der Waals surface area contributed by atoms with Gasteiger partial charge in [-0.25, -0.2) is 4.79 Å². The Hall–Kier alpha value is 1.80. The maximum Gasteiger partial charge on any atom is 0.338 e. The van der Waals surface area contributed by atoms with E-state index < -0.39 is 0 Å². The molecule has 0 aliphatic carbocycles. The van der Waals surface area contributed by atoms with Gasteiger partial charge < -0.3 is 10.5 Å². The second kappa shape index (κ2) is 11.4. The first kappa shape index (κ1) is 26.7. The van der Waals surface area contributed by atoms with Gasteiger partial charge in [0.15, 0.2) is 0 Å². The van der Waals surface area contributed by atoms with Crippen LogP contribution in [-0.4, -0.2) is 13.1 Å². The molecule has 0 heterocycles. The summed E-state index contributed by atoms with van der Waals surface area (Å²) in [5.74, 6) is -0.0878. The number of hydrogen-bond acceptors (Lipinski definition) is 2. The van der Waals surface area contributed by atoms with Crippen molar-refractivity contribution in [2.45, 2.75) is 40.5 Å². The van der Waals surface area contributed by atoms with Crippen LogP contribution in [0.25, 0.3) is 5.73 Å². The van der Waals surface area contributed by atoms with Crippen molar-refractivity contribution in [2.24, 2.45) is 0 Å². The van der Waals surface area contributed by atoms with Crippen LogP contribution in [0.4, 0.5) is 5.69 Å². The van der Waals surface area contributed by atoms with Crippen molar-refractivity contribution < 1.29 is 108 Å². The smallest absolute Gasteiger partial charge is 0.338 e. The number of nitrogens with one attached hydrogen (secondary N) is 1. The monoisotopic (exact) mass is 501 g/mol. The standard InChI is InChI=1S/C14H21NO2.3Y/c1-7(2)11-10(5)12(14(16)17-6)8(3)9(4)13(11)15;;;/h7H,1-6H3,(H2,15,16);;;/p-1. The molecule has 3 radical (unpaired) electrons. The van der Waals surface area contributed by atoms with Crippen molar-refractivity contribution in [3.63, 3.8) is 0 Å². The van der Waals surface area contributed by atoms with Crippen LogP contribution in [-0.2, 0) is 103 Å². The number of methoxy groups -OCH3 is 1. The summed E-state index contributed by atoms with van der Waals surface area (Å²) in [7, 11) is 1.39. The van der Waals surface area contributed by atoms with Gasteiger partial charge in [0.05, 0.1) is 12.7 Å². The molecule has 0 saturated heterocycles. The average molecular weight is 501 g/mol. The quantitative estimate of drug-likeness (QED) is 0.571. The number of carbonyl (C=O) groups excluding carboxylic acids is 1. The molecule has 6 heteroatoms. The Labute approximate surface area is 197 Å². The largest absolute Gasteiger partial charge is 0.698 e. The molecule has 1 aromatic rings. The Morgan fingerprint density at radius 1 is 1.00 bits per heavy atom. The van der Waals surface area contributed by atoms with Crippen molar-refractivity contribution in [1.82, 2.24) is 0 Å². The van der Waals surface area contributed by atoms with Crippen LogP contribution in [0.5, 0.6) is 0 Å². The van der Waals surface area contributed by atoms with Gasteiger partial charge in [0.1, 0.15) is 0 Å². The van der Waals surface area contributed by atoms with Crippen LogP contribution >= 0.6 is 0 Å². The Balaban J connectivity index is -0.000000963. The molecule has 0 aromatic heterocycles. The molecule has 1 rings (SSSR count). The van der Waals surface area contributed by atoms with Gasteiger partial charge in [0.25, 0.3) is 0 Å². The van der Waals surface area contributed by atoms with E-state index in [2.05, 4.69) is 0 Å². The number of rotatable bonds is 2. The van der Waals surface area contributed by atoms with E-state index in [0.29, 0.717) is 11.3 Å². The Morgan fingerprint density at radius 2 is 1.45 bits per heavy atom. The van der Waals surface area contributed by atoms with Crippen LogP contribution in [0.1, 0.15) is 52.4 Å². The van der Waals surface area contributed by atoms with Crippen molar-refractivity contribution in [3.8, 4) is 0 Å². The van der Waals surface area contributed by atoms with Crippen molar-refractivity contribution in [1.29, 1.82) is 0 Å². The van der Waals surface area contributed by atoms with E-state index in [1.165, 1.54) is 7.11 Å². The Bertz CT molecular complexity index is 474. The number of benzene rings is 1. The first-order valence-electron chi connectivity index (χ1n) is 5.76. The SMILES string of the molecule is COC(=O)c1c(C)c(C)c([NH-])c(C(C)C)c1C.[Y].[Y].[Y]. The Kier molecular flexibility index (Phi) is 15.2. The first-order valence-corrected chi connectivity index (χ1v) is 5.76. The molecule has 0 atom stereocenters. The predicted octanol–water partition coefficient (Wildman–Crippen LogP) is 4.20. The molecular weight excluding hydrogens is 481 g/mol. The van der Waals surface area contributed by atoms with E-state index in [1.54, 1.807) is 0 Å². The molecule has 0 saturated carbocycles. The molecule has 1 aromatic carbocycles. The van der Waals surface area contributed by atoms with Gasteiger partial charge in [-0.1, -0.05) is 25.0 Å². The second-order valence-corrected chi connectivity index (χ2v) is 4.68. The Morgan fingerprint density at radius 3 is 1.80 bits per heavy atom. The minimum absolute atomic E-state index is 0. The first-order chi connectivity index (χ1) is 7.82. The third kappa shape index (κ3) is 5.46. The molecule has 0 aliphatic rings. The third-order valence-electron chi connectivity index (χ3n) is 3.33. The summed E-state index contributed by atoms with van der Waals surface area (Å²) >= 11 is 0. The fourth-order valence-electron chi connectivity index (χ4n) is 2.31. The van der Waals surface area contributed by atoms with Crippen molar-refractivity contribution in [3.05, 3.63) is 33.6 Å². The van der Waals surface area contributed by atoms with Gasteiger partial charge in [-0.3, -0.25) is 0 Å². The van der Waals surface area contributed by atoms with E-state index >= 15 is 0 Å². The maximum absolute atomic E-state index is 11.8. The fourth-order valence-corrected chi connectivity index (χ4v) is 2.31. The van der Waals surface area contributed by atoms with Gasteiger partial charge in [0.2, 0.25) is 0 Å². The normalized spacial score (nSPS) is 9.15. The maximum atomic E-state index is 11.8. The van der Waals surface area contributed by atoms with E-state index in [-0.39, 0.29) is 110 Å². The van der Waals surface area contributed by atoms with Crippen LogP contribution in [0.15, 0.2) is 0 Å². The van der Waals surface area contributed by atoms with E-state index in [4.69, 9.17) is 10.5 Å². The summed E-state index contributed by atoms with van der Waals surface area (Å²) in [6.07, 6.45) is 0. The molecule has 20 heavy (non-hydrogen) atoms. The topological polar surface area (TPSA) is 50.1 Å². The summed E-state index contributed by atoms with van der Waals surface area (Å²) in [4.78, 5) is 11.8. The molecule has 0 bridgehead atoms.